The number of hydrazine groups is 1. The summed E-state index contributed by atoms with van der Waals surface area (Å²) >= 11 is 5.53. The molecule has 0 heterocycles. The smallest absolute Gasteiger partial charge is 0.264 e. The van der Waals surface area contributed by atoms with Gasteiger partial charge in [-0.15, -0.1) is 0 Å². The number of aliphatic imine (C=N–C) groups is 2. The molecule has 0 saturated carbocycles. The largest absolute Gasteiger partial charge is 0.372 e. The maximum atomic E-state index is 11.1. The zero-order valence-corrected chi connectivity index (χ0v) is 10.0. The molecule has 0 atom stereocenters. The van der Waals surface area contributed by atoms with Gasteiger partial charge in [0.2, 0.25) is 0 Å². The fraction of sp³-hybridized carbons (Fsp3) is 0.444. The molecule has 0 aliphatic rings. The van der Waals surface area contributed by atoms with E-state index in [4.69, 9.17) is 16.3 Å². The third-order valence-corrected chi connectivity index (χ3v) is 1.55. The van der Waals surface area contributed by atoms with Crippen LogP contribution in [0.5, 0.6) is 0 Å². The van der Waals surface area contributed by atoms with Crippen LogP contribution in [0.2, 0.25) is 0 Å². The van der Waals surface area contributed by atoms with Crippen molar-refractivity contribution in [3.8, 4) is 0 Å². The summed E-state index contributed by atoms with van der Waals surface area (Å²) in [5, 5.41) is 0.168. The van der Waals surface area contributed by atoms with Gasteiger partial charge in [0.1, 0.15) is 17.6 Å². The molecule has 16 heavy (non-hydrogen) atoms. The molecule has 2 N–H and O–H groups in total. The Morgan fingerprint density at radius 1 is 1.56 bits per heavy atom. The van der Waals surface area contributed by atoms with Gasteiger partial charge in [-0.25, -0.2) is 4.99 Å². The third-order valence-electron chi connectivity index (χ3n) is 1.34. The minimum absolute atomic E-state index is 0.00158. The Labute approximate surface area is 99.4 Å². The van der Waals surface area contributed by atoms with Gasteiger partial charge in [0, 0.05) is 6.61 Å². The van der Waals surface area contributed by atoms with Gasteiger partial charge in [0.25, 0.3) is 5.91 Å². The van der Waals surface area contributed by atoms with Crippen molar-refractivity contribution in [1.82, 2.24) is 10.9 Å². The number of amides is 1. The van der Waals surface area contributed by atoms with Crippen molar-refractivity contribution in [2.75, 3.05) is 13.2 Å². The SMILES string of the molecule is C=N/C(Cl)=C\N=C(/C)NNC(=O)COCC. The minimum atomic E-state index is -0.284. The Balaban J connectivity index is 3.92. The van der Waals surface area contributed by atoms with Gasteiger partial charge >= 0.3 is 0 Å². The molecule has 0 fully saturated rings. The lowest BCUT2D eigenvalue weighted by atomic mass is 10.6. The lowest BCUT2D eigenvalue weighted by molar-refractivity contribution is -0.126. The summed E-state index contributed by atoms with van der Waals surface area (Å²) in [4.78, 5) is 18.4. The first-order chi connectivity index (χ1) is 7.60. The Kier molecular flexibility index (Phi) is 8.10. The van der Waals surface area contributed by atoms with Crippen molar-refractivity contribution in [3.05, 3.63) is 11.4 Å². The van der Waals surface area contributed by atoms with Crippen LogP contribution in [0.25, 0.3) is 0 Å². The number of hydrogen-bond donors (Lipinski definition) is 2. The van der Waals surface area contributed by atoms with Gasteiger partial charge < -0.3 is 4.74 Å². The molecule has 0 saturated heterocycles. The quantitative estimate of drug-likeness (QED) is 0.326. The van der Waals surface area contributed by atoms with Crippen LogP contribution in [0.3, 0.4) is 0 Å². The second-order valence-corrected chi connectivity index (χ2v) is 3.02. The maximum absolute atomic E-state index is 11.1. The summed E-state index contributed by atoms with van der Waals surface area (Å²) in [5.41, 5.74) is 4.97. The van der Waals surface area contributed by atoms with E-state index in [1.807, 2.05) is 6.92 Å². The molecular formula is C9H15ClN4O2. The average Bonchev–Trinajstić information content (AvgIpc) is 2.30. The van der Waals surface area contributed by atoms with Crippen molar-refractivity contribution in [3.63, 3.8) is 0 Å². The summed E-state index contributed by atoms with van der Waals surface area (Å²) in [5.74, 6) is 0.181. The van der Waals surface area contributed by atoms with Crippen molar-refractivity contribution in [2.45, 2.75) is 13.8 Å². The number of ether oxygens (including phenoxy) is 1. The van der Waals surface area contributed by atoms with Gasteiger partial charge in [-0.1, -0.05) is 11.6 Å². The molecule has 0 bridgehead atoms. The number of halogens is 1. The predicted molar refractivity (Wildman–Crippen MR) is 64.4 cm³/mol. The van der Waals surface area contributed by atoms with Crippen LogP contribution in [0.4, 0.5) is 0 Å². The topological polar surface area (TPSA) is 75.1 Å². The molecule has 0 radical (unpaired) electrons. The normalized spacial score (nSPS) is 12.2. The molecule has 0 unspecified atom stereocenters. The van der Waals surface area contributed by atoms with Crippen LogP contribution in [0.1, 0.15) is 13.8 Å². The zero-order valence-electron chi connectivity index (χ0n) is 9.29. The highest BCUT2D eigenvalue weighted by Crippen LogP contribution is 2.00. The Hall–Kier alpha value is -1.40. The van der Waals surface area contributed by atoms with E-state index in [-0.39, 0.29) is 17.7 Å². The Morgan fingerprint density at radius 2 is 2.25 bits per heavy atom. The van der Waals surface area contributed by atoms with Gasteiger partial charge in [-0.05, 0) is 20.6 Å². The fourth-order valence-electron chi connectivity index (χ4n) is 0.614. The number of nitrogens with one attached hydrogen (secondary N) is 2. The number of rotatable bonds is 5. The van der Waals surface area contributed by atoms with Crippen molar-refractivity contribution in [1.29, 1.82) is 0 Å². The minimum Gasteiger partial charge on any atom is -0.372 e. The summed E-state index contributed by atoms with van der Waals surface area (Å²) in [6, 6.07) is 0. The van der Waals surface area contributed by atoms with E-state index < -0.39 is 0 Å². The first kappa shape index (κ1) is 14.6. The van der Waals surface area contributed by atoms with Crippen LogP contribution in [0, 0.1) is 0 Å². The van der Waals surface area contributed by atoms with Gasteiger partial charge in [0.05, 0.1) is 6.20 Å². The molecule has 0 spiro atoms. The van der Waals surface area contributed by atoms with E-state index in [1.54, 1.807) is 6.92 Å². The van der Waals surface area contributed by atoms with Crippen molar-refractivity contribution < 1.29 is 9.53 Å². The molecule has 6 nitrogen and oxygen atoms in total. The fourth-order valence-corrected chi connectivity index (χ4v) is 0.663. The van der Waals surface area contributed by atoms with Crippen LogP contribution in [0.15, 0.2) is 21.3 Å². The highest BCUT2D eigenvalue weighted by molar-refractivity contribution is 6.29. The highest BCUT2D eigenvalue weighted by atomic mass is 35.5. The molecule has 0 aromatic heterocycles. The van der Waals surface area contributed by atoms with Crippen LogP contribution < -0.4 is 10.9 Å². The first-order valence-electron chi connectivity index (χ1n) is 4.59. The Morgan fingerprint density at radius 3 is 2.81 bits per heavy atom. The van der Waals surface area contributed by atoms with Crippen LogP contribution in [-0.2, 0) is 9.53 Å². The molecule has 90 valence electrons. The summed E-state index contributed by atoms with van der Waals surface area (Å²) in [6.45, 7) is 7.18. The standard InChI is InChI=1S/C9H15ClN4O2/c1-4-16-6-9(15)14-13-7(2)12-5-8(10)11-3/h5H,3-4,6H2,1-2H3,(H,12,13)(H,14,15)/b8-5-. The molecule has 0 aromatic carbocycles. The maximum Gasteiger partial charge on any atom is 0.264 e. The van der Waals surface area contributed by atoms with E-state index in [2.05, 4.69) is 27.6 Å². The summed E-state index contributed by atoms with van der Waals surface area (Å²) in [7, 11) is 0. The third kappa shape index (κ3) is 7.95. The molecule has 1 amide bonds. The second kappa shape index (κ2) is 8.87. The van der Waals surface area contributed by atoms with Gasteiger partial charge in [-0.2, -0.15) is 0 Å². The second-order valence-electron chi connectivity index (χ2n) is 2.63. The highest BCUT2D eigenvalue weighted by Gasteiger charge is 1.98. The van der Waals surface area contributed by atoms with Crippen LogP contribution >= 0.6 is 11.6 Å². The molecule has 0 rings (SSSR count). The first-order valence-corrected chi connectivity index (χ1v) is 4.97. The van der Waals surface area contributed by atoms with Crippen molar-refractivity contribution in [2.24, 2.45) is 9.98 Å². The molecule has 0 aliphatic heterocycles. The lowest BCUT2D eigenvalue weighted by Crippen LogP contribution is -2.42. The summed E-state index contributed by atoms with van der Waals surface area (Å²) < 4.78 is 4.89. The molecule has 0 aliphatic carbocycles. The Bertz CT molecular complexity index is 302. The summed E-state index contributed by atoms with van der Waals surface area (Å²) in [6.07, 6.45) is 1.31. The number of amidine groups is 1. The van der Waals surface area contributed by atoms with Gasteiger partial charge in [0.15, 0.2) is 0 Å². The van der Waals surface area contributed by atoms with E-state index in [0.717, 1.165) is 0 Å². The van der Waals surface area contributed by atoms with Gasteiger partial charge in [-0.3, -0.25) is 20.6 Å². The monoisotopic (exact) mass is 246 g/mol. The van der Waals surface area contributed by atoms with E-state index >= 15 is 0 Å². The van der Waals surface area contributed by atoms with Crippen LogP contribution in [-0.4, -0.2) is 31.7 Å². The van der Waals surface area contributed by atoms with E-state index in [9.17, 15) is 4.79 Å². The van der Waals surface area contributed by atoms with Crippen molar-refractivity contribution >= 4 is 30.1 Å². The number of carbonyl (C=O) groups excluding carboxylic acids is 1. The zero-order chi connectivity index (χ0) is 12.4. The molecular weight excluding hydrogens is 232 g/mol. The molecule has 0 aromatic rings. The number of nitrogens with zero attached hydrogens (tertiary/aromatic N) is 2. The average molecular weight is 247 g/mol. The van der Waals surface area contributed by atoms with E-state index in [1.165, 1.54) is 6.20 Å². The number of hydrogen-bond acceptors (Lipinski definition) is 4. The number of carbonyl (C=O) groups is 1. The predicted octanol–water partition coefficient (Wildman–Crippen LogP) is 0.800. The molecule has 7 heteroatoms. The lowest BCUT2D eigenvalue weighted by Gasteiger charge is -2.06. The van der Waals surface area contributed by atoms with E-state index in [0.29, 0.717) is 12.4 Å².